The van der Waals surface area contributed by atoms with Crippen molar-refractivity contribution in [1.29, 1.82) is 0 Å². The Kier molecular flexibility index (Phi) is 5.20. The van der Waals surface area contributed by atoms with Crippen LogP contribution in [0.15, 0.2) is 59.5 Å². The van der Waals surface area contributed by atoms with Crippen LogP contribution in [0.5, 0.6) is 0 Å². The van der Waals surface area contributed by atoms with Gasteiger partial charge < -0.3 is 9.88 Å². The molecule has 1 amide bonds. The molecule has 1 atom stereocenters. The van der Waals surface area contributed by atoms with Crippen LogP contribution in [0.1, 0.15) is 12.7 Å². The summed E-state index contributed by atoms with van der Waals surface area (Å²) in [5, 5.41) is 2.91. The molecule has 0 aliphatic heterocycles. The van der Waals surface area contributed by atoms with E-state index in [-0.39, 0.29) is 11.2 Å². The van der Waals surface area contributed by atoms with Gasteiger partial charge in [0.15, 0.2) is 0 Å². The number of carbonyl (C=O) groups is 1. The Balaban J connectivity index is 1.55. The highest BCUT2D eigenvalue weighted by molar-refractivity contribution is 8.00. The standard InChI is InChI=1S/C19H21N3OS/c1-14(24-16-8-4-3-5-9-16)19(23)20-12-13-22-15(2)21-17-10-6-7-11-18(17)22/h3-11,14H,12-13H2,1-2H3,(H,20,23). The van der Waals surface area contributed by atoms with Gasteiger partial charge in [-0.3, -0.25) is 4.79 Å². The topological polar surface area (TPSA) is 46.9 Å². The molecule has 0 radical (unpaired) electrons. The van der Waals surface area contributed by atoms with Gasteiger partial charge in [0.05, 0.1) is 16.3 Å². The second-order valence-electron chi connectivity index (χ2n) is 5.66. The maximum Gasteiger partial charge on any atom is 0.233 e. The zero-order chi connectivity index (χ0) is 16.9. The molecule has 0 bridgehead atoms. The molecule has 0 saturated carbocycles. The minimum absolute atomic E-state index is 0.0610. The van der Waals surface area contributed by atoms with Crippen molar-refractivity contribution in [3.8, 4) is 0 Å². The van der Waals surface area contributed by atoms with Crippen molar-refractivity contribution in [2.45, 2.75) is 30.5 Å². The average molecular weight is 339 g/mol. The molecule has 2 aromatic carbocycles. The van der Waals surface area contributed by atoms with Crippen LogP contribution < -0.4 is 5.32 Å². The molecule has 0 saturated heterocycles. The number of para-hydroxylation sites is 2. The number of thioether (sulfide) groups is 1. The van der Waals surface area contributed by atoms with E-state index in [1.54, 1.807) is 11.8 Å². The summed E-state index contributed by atoms with van der Waals surface area (Å²) in [5.74, 6) is 1.03. The molecule has 5 heteroatoms. The molecule has 1 N–H and O–H groups in total. The number of hydrogen-bond acceptors (Lipinski definition) is 3. The third-order valence-electron chi connectivity index (χ3n) is 3.91. The van der Waals surface area contributed by atoms with Crippen molar-refractivity contribution in [2.75, 3.05) is 6.54 Å². The van der Waals surface area contributed by atoms with Gasteiger partial charge in [-0.2, -0.15) is 0 Å². The van der Waals surface area contributed by atoms with Crippen LogP contribution in [-0.2, 0) is 11.3 Å². The lowest BCUT2D eigenvalue weighted by atomic mass is 10.3. The minimum Gasteiger partial charge on any atom is -0.353 e. The number of hydrogen-bond donors (Lipinski definition) is 1. The lowest BCUT2D eigenvalue weighted by Gasteiger charge is -2.13. The van der Waals surface area contributed by atoms with Crippen molar-refractivity contribution in [3.63, 3.8) is 0 Å². The molecule has 0 spiro atoms. The molecule has 1 unspecified atom stereocenters. The zero-order valence-electron chi connectivity index (χ0n) is 13.9. The summed E-state index contributed by atoms with van der Waals surface area (Å²) in [6.45, 7) is 5.25. The first kappa shape index (κ1) is 16.6. The Hall–Kier alpha value is -2.27. The zero-order valence-corrected chi connectivity index (χ0v) is 14.7. The first-order valence-corrected chi connectivity index (χ1v) is 8.94. The third-order valence-corrected chi connectivity index (χ3v) is 5.02. The van der Waals surface area contributed by atoms with Crippen LogP contribution >= 0.6 is 11.8 Å². The van der Waals surface area contributed by atoms with Crippen LogP contribution in [0.3, 0.4) is 0 Å². The van der Waals surface area contributed by atoms with Crippen LogP contribution in [0.25, 0.3) is 11.0 Å². The van der Waals surface area contributed by atoms with E-state index in [1.807, 2.05) is 62.4 Å². The van der Waals surface area contributed by atoms with E-state index in [1.165, 1.54) is 0 Å². The molecule has 124 valence electrons. The van der Waals surface area contributed by atoms with Gasteiger partial charge in [0.1, 0.15) is 5.82 Å². The molecule has 0 aliphatic rings. The fraction of sp³-hybridized carbons (Fsp3) is 0.263. The molecule has 4 nitrogen and oxygen atoms in total. The van der Waals surface area contributed by atoms with E-state index in [0.717, 1.165) is 28.3 Å². The van der Waals surface area contributed by atoms with Crippen molar-refractivity contribution >= 4 is 28.7 Å². The smallest absolute Gasteiger partial charge is 0.233 e. The highest BCUT2D eigenvalue weighted by atomic mass is 32.2. The minimum atomic E-state index is -0.118. The molecule has 1 heterocycles. The van der Waals surface area contributed by atoms with Crippen LogP contribution in [0.4, 0.5) is 0 Å². The van der Waals surface area contributed by atoms with Crippen LogP contribution in [-0.4, -0.2) is 27.3 Å². The molecule has 1 aromatic heterocycles. The summed E-state index contributed by atoms with van der Waals surface area (Å²) < 4.78 is 2.14. The second kappa shape index (κ2) is 7.53. The highest BCUT2D eigenvalue weighted by Gasteiger charge is 2.14. The number of fused-ring (bicyclic) bond motifs is 1. The van der Waals surface area contributed by atoms with E-state index >= 15 is 0 Å². The maximum absolute atomic E-state index is 12.3. The second-order valence-corrected chi connectivity index (χ2v) is 7.08. The summed E-state index contributed by atoms with van der Waals surface area (Å²) in [6, 6.07) is 18.1. The SMILES string of the molecule is Cc1nc2ccccc2n1CCNC(=O)C(C)Sc1ccccc1. The molecular weight excluding hydrogens is 318 g/mol. The van der Waals surface area contributed by atoms with Gasteiger partial charge in [-0.1, -0.05) is 30.3 Å². The monoisotopic (exact) mass is 339 g/mol. The number of amides is 1. The Morgan fingerprint density at radius 3 is 2.67 bits per heavy atom. The largest absolute Gasteiger partial charge is 0.353 e. The van der Waals surface area contributed by atoms with Gasteiger partial charge in [0, 0.05) is 18.0 Å². The van der Waals surface area contributed by atoms with Crippen molar-refractivity contribution in [3.05, 3.63) is 60.4 Å². The highest BCUT2D eigenvalue weighted by Crippen LogP contribution is 2.22. The lowest BCUT2D eigenvalue weighted by Crippen LogP contribution is -2.33. The van der Waals surface area contributed by atoms with E-state index in [2.05, 4.69) is 20.9 Å². The lowest BCUT2D eigenvalue weighted by molar-refractivity contribution is -0.120. The molecular formula is C19H21N3OS. The van der Waals surface area contributed by atoms with Gasteiger partial charge in [-0.25, -0.2) is 4.98 Å². The van der Waals surface area contributed by atoms with Crippen molar-refractivity contribution < 1.29 is 4.79 Å². The van der Waals surface area contributed by atoms with Crippen molar-refractivity contribution in [1.82, 2.24) is 14.9 Å². The number of imidazole rings is 1. The number of benzene rings is 2. The third kappa shape index (κ3) is 3.79. The summed E-state index contributed by atoms with van der Waals surface area (Å²) >= 11 is 1.57. The number of nitrogens with one attached hydrogen (secondary N) is 1. The van der Waals surface area contributed by atoms with E-state index in [9.17, 15) is 4.79 Å². The number of aromatic nitrogens is 2. The van der Waals surface area contributed by atoms with Gasteiger partial charge in [-0.05, 0) is 38.1 Å². The van der Waals surface area contributed by atoms with E-state index in [0.29, 0.717) is 6.54 Å². The molecule has 0 fully saturated rings. The fourth-order valence-corrected chi connectivity index (χ4v) is 3.58. The molecule has 24 heavy (non-hydrogen) atoms. The quantitative estimate of drug-likeness (QED) is 0.698. The van der Waals surface area contributed by atoms with Crippen LogP contribution in [0.2, 0.25) is 0 Å². The first-order valence-electron chi connectivity index (χ1n) is 8.06. The Morgan fingerprint density at radius 2 is 1.88 bits per heavy atom. The summed E-state index contributed by atoms with van der Waals surface area (Å²) in [7, 11) is 0. The van der Waals surface area contributed by atoms with Crippen LogP contribution in [0, 0.1) is 6.92 Å². The number of nitrogens with zero attached hydrogens (tertiary/aromatic N) is 2. The van der Waals surface area contributed by atoms with E-state index < -0.39 is 0 Å². The van der Waals surface area contributed by atoms with Gasteiger partial charge >= 0.3 is 0 Å². The Labute approximate surface area is 146 Å². The fourth-order valence-electron chi connectivity index (χ4n) is 2.67. The normalized spacial score (nSPS) is 12.2. The number of aryl methyl sites for hydroxylation is 1. The van der Waals surface area contributed by atoms with Gasteiger partial charge in [0.2, 0.25) is 5.91 Å². The summed E-state index contributed by atoms with van der Waals surface area (Å²) in [5.41, 5.74) is 2.10. The predicted molar refractivity (Wildman–Crippen MR) is 99.2 cm³/mol. The predicted octanol–water partition coefficient (Wildman–Crippen LogP) is 3.64. The maximum atomic E-state index is 12.3. The first-order chi connectivity index (χ1) is 11.6. The molecule has 3 aromatic rings. The Morgan fingerprint density at radius 1 is 1.17 bits per heavy atom. The molecule has 0 aliphatic carbocycles. The average Bonchev–Trinajstić information content (AvgIpc) is 2.91. The van der Waals surface area contributed by atoms with Gasteiger partial charge in [-0.15, -0.1) is 11.8 Å². The van der Waals surface area contributed by atoms with Crippen molar-refractivity contribution in [2.24, 2.45) is 0 Å². The van der Waals surface area contributed by atoms with E-state index in [4.69, 9.17) is 0 Å². The number of carbonyl (C=O) groups excluding carboxylic acids is 1. The summed E-state index contributed by atoms with van der Waals surface area (Å²) in [4.78, 5) is 17.9. The summed E-state index contributed by atoms with van der Waals surface area (Å²) in [6.07, 6.45) is 0. The van der Waals surface area contributed by atoms with Gasteiger partial charge in [0.25, 0.3) is 0 Å². The number of rotatable bonds is 6. The Bertz CT molecular complexity index is 829. The molecule has 3 rings (SSSR count).